The fourth-order valence-corrected chi connectivity index (χ4v) is 3.31. The maximum atomic E-state index is 12.5. The molecule has 24 heavy (non-hydrogen) atoms. The molecule has 6 nitrogen and oxygen atoms in total. The molecule has 3 rings (SSSR count). The largest absolute Gasteiger partial charge is 0.495 e. The van der Waals surface area contributed by atoms with Gasteiger partial charge in [-0.25, -0.2) is 13.4 Å². The second kappa shape index (κ2) is 7.35. The first kappa shape index (κ1) is 17.8. The van der Waals surface area contributed by atoms with Crippen LogP contribution >= 0.6 is 0 Å². The molecule has 0 bridgehead atoms. The minimum Gasteiger partial charge on any atom is -0.495 e. The van der Waals surface area contributed by atoms with Crippen LogP contribution in [-0.2, 0) is 10.0 Å². The van der Waals surface area contributed by atoms with E-state index in [-0.39, 0.29) is 4.90 Å². The van der Waals surface area contributed by atoms with Crippen molar-refractivity contribution in [2.75, 3.05) is 11.8 Å². The molecule has 0 atom stereocenters. The van der Waals surface area contributed by atoms with Gasteiger partial charge in [-0.2, -0.15) is 0 Å². The van der Waals surface area contributed by atoms with E-state index in [0.717, 1.165) is 11.3 Å². The molecule has 3 aromatic rings. The maximum Gasteiger partial charge on any atom is 0.262 e. The Morgan fingerprint density at radius 3 is 2.54 bits per heavy atom. The lowest BCUT2D eigenvalue weighted by molar-refractivity contribution is 0.417. The molecule has 0 aliphatic heterocycles. The van der Waals surface area contributed by atoms with Crippen molar-refractivity contribution >= 4 is 26.7 Å². The molecule has 128 valence electrons. The SMILES string of the molecule is CC.COc1ccccc1NS(=O)(=O)c1ccc2nc(C)[nH]c2c1. The molecule has 0 aliphatic carbocycles. The zero-order valence-electron chi connectivity index (χ0n) is 14.1. The van der Waals surface area contributed by atoms with Crippen LogP contribution in [0.15, 0.2) is 47.4 Å². The van der Waals surface area contributed by atoms with E-state index < -0.39 is 10.0 Å². The van der Waals surface area contributed by atoms with Gasteiger partial charge in [0.15, 0.2) is 0 Å². The third kappa shape index (κ3) is 3.68. The Morgan fingerprint density at radius 2 is 1.83 bits per heavy atom. The van der Waals surface area contributed by atoms with Crippen LogP contribution < -0.4 is 9.46 Å². The first-order chi connectivity index (χ1) is 11.5. The lowest BCUT2D eigenvalue weighted by Gasteiger charge is -2.11. The number of ether oxygens (including phenoxy) is 1. The lowest BCUT2D eigenvalue weighted by Crippen LogP contribution is -2.13. The molecule has 0 amide bonds. The second-order valence-electron chi connectivity index (χ2n) is 4.81. The summed E-state index contributed by atoms with van der Waals surface area (Å²) in [5.41, 5.74) is 1.81. The second-order valence-corrected chi connectivity index (χ2v) is 6.49. The van der Waals surface area contributed by atoms with E-state index in [2.05, 4.69) is 14.7 Å². The molecule has 1 heterocycles. The summed E-state index contributed by atoms with van der Waals surface area (Å²) >= 11 is 0. The number of hydrogen-bond donors (Lipinski definition) is 2. The lowest BCUT2D eigenvalue weighted by atomic mass is 10.3. The summed E-state index contributed by atoms with van der Waals surface area (Å²) in [7, 11) is -2.21. The van der Waals surface area contributed by atoms with Crippen LogP contribution in [0.4, 0.5) is 5.69 Å². The van der Waals surface area contributed by atoms with Gasteiger partial charge in [0.1, 0.15) is 11.6 Å². The number of nitrogens with zero attached hydrogens (tertiary/aromatic N) is 1. The molecule has 0 saturated carbocycles. The van der Waals surface area contributed by atoms with Crippen molar-refractivity contribution in [3.05, 3.63) is 48.3 Å². The molecule has 0 radical (unpaired) electrons. The molecule has 0 fully saturated rings. The zero-order valence-corrected chi connectivity index (χ0v) is 14.9. The van der Waals surface area contributed by atoms with Gasteiger partial charge < -0.3 is 9.72 Å². The third-order valence-electron chi connectivity index (χ3n) is 3.23. The number of imidazole rings is 1. The minimum atomic E-state index is -3.71. The quantitative estimate of drug-likeness (QED) is 0.753. The number of hydrogen-bond acceptors (Lipinski definition) is 4. The highest BCUT2D eigenvalue weighted by molar-refractivity contribution is 7.92. The average molecular weight is 347 g/mol. The maximum absolute atomic E-state index is 12.5. The van der Waals surface area contributed by atoms with E-state index in [1.807, 2.05) is 20.8 Å². The zero-order chi connectivity index (χ0) is 17.7. The van der Waals surface area contributed by atoms with Gasteiger partial charge in [-0.1, -0.05) is 26.0 Å². The van der Waals surface area contributed by atoms with Crippen LogP contribution in [0.5, 0.6) is 5.75 Å². The summed E-state index contributed by atoms with van der Waals surface area (Å²) in [4.78, 5) is 7.45. The highest BCUT2D eigenvalue weighted by Crippen LogP contribution is 2.26. The van der Waals surface area contributed by atoms with E-state index in [4.69, 9.17) is 4.74 Å². The van der Waals surface area contributed by atoms with Crippen molar-refractivity contribution < 1.29 is 13.2 Å². The summed E-state index contributed by atoms with van der Waals surface area (Å²) in [6.07, 6.45) is 0. The van der Waals surface area contributed by atoms with E-state index >= 15 is 0 Å². The Hall–Kier alpha value is -2.54. The Labute approximate surface area is 141 Å². The number of H-pyrrole nitrogens is 1. The highest BCUT2D eigenvalue weighted by atomic mass is 32.2. The number of para-hydroxylation sites is 2. The Balaban J connectivity index is 0.00000100. The molecule has 1 aromatic heterocycles. The van der Waals surface area contributed by atoms with Crippen molar-refractivity contribution in [2.45, 2.75) is 25.7 Å². The summed E-state index contributed by atoms with van der Waals surface area (Å²) < 4.78 is 32.7. The van der Waals surface area contributed by atoms with E-state index in [0.29, 0.717) is 17.0 Å². The molecule has 0 aliphatic rings. The number of aromatic nitrogens is 2. The van der Waals surface area contributed by atoms with Gasteiger partial charge in [0, 0.05) is 0 Å². The normalized spacial score (nSPS) is 10.8. The average Bonchev–Trinajstić information content (AvgIpc) is 2.96. The van der Waals surface area contributed by atoms with E-state index in [9.17, 15) is 8.42 Å². The summed E-state index contributed by atoms with van der Waals surface area (Å²) in [6, 6.07) is 11.6. The smallest absolute Gasteiger partial charge is 0.262 e. The fraction of sp³-hybridized carbons (Fsp3) is 0.235. The fourth-order valence-electron chi connectivity index (χ4n) is 2.22. The van der Waals surface area contributed by atoms with Crippen LogP contribution in [-0.4, -0.2) is 25.5 Å². The van der Waals surface area contributed by atoms with Crippen LogP contribution in [0.25, 0.3) is 11.0 Å². The van der Waals surface area contributed by atoms with Gasteiger partial charge in [0.05, 0.1) is 28.7 Å². The monoisotopic (exact) mass is 347 g/mol. The molecular weight excluding hydrogens is 326 g/mol. The predicted molar refractivity (Wildman–Crippen MR) is 96.0 cm³/mol. The van der Waals surface area contributed by atoms with E-state index in [1.54, 1.807) is 36.4 Å². The topological polar surface area (TPSA) is 84.1 Å². The molecule has 2 aromatic carbocycles. The predicted octanol–water partition coefficient (Wildman–Crippen LogP) is 3.71. The molecule has 0 saturated heterocycles. The van der Waals surface area contributed by atoms with Gasteiger partial charge in [-0.05, 0) is 37.3 Å². The number of aryl methyl sites for hydroxylation is 1. The molecule has 2 N–H and O–H groups in total. The van der Waals surface area contributed by atoms with Crippen molar-refractivity contribution in [3.63, 3.8) is 0 Å². The van der Waals surface area contributed by atoms with Crippen LogP contribution in [0.3, 0.4) is 0 Å². The Morgan fingerprint density at radius 1 is 1.12 bits per heavy atom. The number of sulfonamides is 1. The first-order valence-electron chi connectivity index (χ1n) is 7.62. The number of fused-ring (bicyclic) bond motifs is 1. The van der Waals surface area contributed by atoms with Gasteiger partial charge in [-0.3, -0.25) is 4.72 Å². The highest BCUT2D eigenvalue weighted by Gasteiger charge is 2.17. The number of anilines is 1. The standard InChI is InChI=1S/C15H15N3O3S.C2H6/c1-10-16-12-8-7-11(9-14(12)17-10)22(19,20)18-13-5-3-4-6-15(13)21-2;1-2/h3-9,18H,1-2H3,(H,16,17);1-2H3. The Kier molecular flexibility index (Phi) is 5.46. The number of aromatic amines is 1. The Bertz CT molecular complexity index is 933. The van der Waals surface area contributed by atoms with Crippen molar-refractivity contribution in [2.24, 2.45) is 0 Å². The minimum absolute atomic E-state index is 0.162. The van der Waals surface area contributed by atoms with E-state index in [1.165, 1.54) is 13.2 Å². The van der Waals surface area contributed by atoms with Gasteiger partial charge >= 0.3 is 0 Å². The van der Waals surface area contributed by atoms with Crippen LogP contribution in [0, 0.1) is 6.92 Å². The number of benzene rings is 2. The first-order valence-corrected chi connectivity index (χ1v) is 9.10. The van der Waals surface area contributed by atoms with Crippen LogP contribution in [0.2, 0.25) is 0 Å². The summed E-state index contributed by atoms with van der Waals surface area (Å²) in [6.45, 7) is 5.82. The van der Waals surface area contributed by atoms with Gasteiger partial charge in [-0.15, -0.1) is 0 Å². The molecule has 7 heteroatoms. The van der Waals surface area contributed by atoms with Crippen molar-refractivity contribution in [3.8, 4) is 5.75 Å². The summed E-state index contributed by atoms with van der Waals surface area (Å²) in [5.74, 6) is 1.20. The van der Waals surface area contributed by atoms with Crippen LogP contribution in [0.1, 0.15) is 19.7 Å². The number of rotatable bonds is 4. The van der Waals surface area contributed by atoms with Gasteiger partial charge in [0.25, 0.3) is 10.0 Å². The van der Waals surface area contributed by atoms with Crippen molar-refractivity contribution in [1.82, 2.24) is 9.97 Å². The van der Waals surface area contributed by atoms with Gasteiger partial charge in [0.2, 0.25) is 0 Å². The molecule has 0 unspecified atom stereocenters. The number of methoxy groups -OCH3 is 1. The van der Waals surface area contributed by atoms with Crippen molar-refractivity contribution in [1.29, 1.82) is 0 Å². The number of nitrogens with one attached hydrogen (secondary N) is 2. The summed E-state index contributed by atoms with van der Waals surface area (Å²) in [5, 5.41) is 0. The third-order valence-corrected chi connectivity index (χ3v) is 4.60. The molecule has 0 spiro atoms. The molecular formula is C17H21N3O3S.